The highest BCUT2D eigenvalue weighted by Crippen LogP contribution is 2.30. The van der Waals surface area contributed by atoms with Gasteiger partial charge in [0.1, 0.15) is 0 Å². The first-order chi connectivity index (χ1) is 11.4. The molecule has 1 aliphatic rings. The number of aliphatic hydroxyl groups excluding tert-OH is 1. The van der Waals surface area contributed by atoms with Gasteiger partial charge in [0, 0.05) is 37.4 Å². The summed E-state index contributed by atoms with van der Waals surface area (Å²) in [5.41, 5.74) is -0.835. The normalized spacial score (nSPS) is 22.0. The van der Waals surface area contributed by atoms with Gasteiger partial charge < -0.3 is 15.7 Å². The minimum atomic E-state index is -4.39. The van der Waals surface area contributed by atoms with Crippen LogP contribution < -0.4 is 10.6 Å². The smallest absolute Gasteiger partial charge is 0.393 e. The van der Waals surface area contributed by atoms with Crippen LogP contribution in [0.5, 0.6) is 0 Å². The van der Waals surface area contributed by atoms with E-state index < -0.39 is 11.9 Å². The first-order valence-corrected chi connectivity index (χ1v) is 9.00. The molecule has 3 N–H and O–H groups in total. The van der Waals surface area contributed by atoms with Gasteiger partial charge in [-0.15, -0.1) is 11.3 Å². The Morgan fingerprint density at radius 1 is 1.42 bits per heavy atom. The Kier molecular flexibility index (Phi) is 6.85. The van der Waals surface area contributed by atoms with Crippen molar-refractivity contribution >= 4 is 17.3 Å². The molecule has 1 saturated carbocycles. The van der Waals surface area contributed by atoms with E-state index >= 15 is 0 Å². The molecule has 0 bridgehead atoms. The summed E-state index contributed by atoms with van der Waals surface area (Å²) in [6, 6.07) is 0. The van der Waals surface area contributed by atoms with Crippen LogP contribution in [0.4, 0.5) is 13.2 Å². The average Bonchev–Trinajstić information content (AvgIpc) is 3.13. The second-order valence-electron chi connectivity index (χ2n) is 5.78. The number of aromatic nitrogens is 1. The Morgan fingerprint density at radius 2 is 2.21 bits per heavy atom. The Labute approximate surface area is 143 Å². The van der Waals surface area contributed by atoms with Gasteiger partial charge in [0.15, 0.2) is 11.7 Å². The fraction of sp³-hybridized carbons (Fsp3) is 0.733. The molecule has 0 saturated heterocycles. The molecule has 1 aromatic rings. The maximum Gasteiger partial charge on any atom is 0.434 e. The summed E-state index contributed by atoms with van der Waals surface area (Å²) in [4.78, 5) is 8.06. The second-order valence-corrected chi connectivity index (χ2v) is 6.72. The molecule has 2 atom stereocenters. The van der Waals surface area contributed by atoms with Gasteiger partial charge in [-0.05, 0) is 19.8 Å². The van der Waals surface area contributed by atoms with Crippen molar-refractivity contribution < 1.29 is 18.3 Å². The number of alkyl halides is 3. The number of aliphatic hydroxyl groups is 1. The van der Waals surface area contributed by atoms with E-state index in [9.17, 15) is 18.3 Å². The highest BCUT2D eigenvalue weighted by atomic mass is 32.1. The summed E-state index contributed by atoms with van der Waals surface area (Å²) >= 11 is 1.01. The third-order valence-corrected chi connectivity index (χ3v) is 4.83. The number of nitrogens with zero attached hydrogens (tertiary/aromatic N) is 2. The summed E-state index contributed by atoms with van der Waals surface area (Å²) in [5, 5.41) is 17.5. The lowest BCUT2D eigenvalue weighted by atomic mass is 10.1. The minimum Gasteiger partial charge on any atom is -0.393 e. The Balaban J connectivity index is 1.81. The van der Waals surface area contributed by atoms with E-state index in [-0.39, 0.29) is 12.0 Å². The van der Waals surface area contributed by atoms with Crippen molar-refractivity contribution in [3.8, 4) is 0 Å². The van der Waals surface area contributed by atoms with Crippen LogP contribution in [0.15, 0.2) is 10.4 Å². The zero-order valence-electron chi connectivity index (χ0n) is 13.6. The van der Waals surface area contributed by atoms with E-state index in [1.54, 1.807) is 0 Å². The van der Waals surface area contributed by atoms with Gasteiger partial charge in [0.05, 0.1) is 11.1 Å². The maximum absolute atomic E-state index is 12.5. The summed E-state index contributed by atoms with van der Waals surface area (Å²) in [6.07, 6.45) is -1.44. The maximum atomic E-state index is 12.5. The topological polar surface area (TPSA) is 69.5 Å². The van der Waals surface area contributed by atoms with Crippen molar-refractivity contribution in [3.63, 3.8) is 0 Å². The molecule has 1 fully saturated rings. The van der Waals surface area contributed by atoms with Crippen LogP contribution >= 0.6 is 11.3 Å². The highest BCUT2D eigenvalue weighted by molar-refractivity contribution is 7.09. The van der Waals surface area contributed by atoms with Crippen LogP contribution in [0, 0.1) is 5.92 Å². The summed E-state index contributed by atoms with van der Waals surface area (Å²) in [6.45, 7) is 3.63. The molecule has 2 unspecified atom stereocenters. The highest BCUT2D eigenvalue weighted by Gasteiger charge is 2.33. The van der Waals surface area contributed by atoms with E-state index in [1.807, 2.05) is 6.92 Å². The molecule has 2 rings (SSSR count). The van der Waals surface area contributed by atoms with Crippen molar-refractivity contribution in [1.29, 1.82) is 0 Å². The lowest BCUT2D eigenvalue weighted by Crippen LogP contribution is -2.39. The third-order valence-electron chi connectivity index (χ3n) is 3.92. The van der Waals surface area contributed by atoms with E-state index in [1.165, 1.54) is 0 Å². The number of aliphatic imine (C=N–C) groups is 1. The fourth-order valence-corrected chi connectivity index (χ4v) is 3.43. The largest absolute Gasteiger partial charge is 0.434 e. The summed E-state index contributed by atoms with van der Waals surface area (Å²) < 4.78 is 37.5. The summed E-state index contributed by atoms with van der Waals surface area (Å²) in [7, 11) is 0. The first kappa shape index (κ1) is 19.0. The number of guanidine groups is 1. The number of rotatable bonds is 6. The van der Waals surface area contributed by atoms with Gasteiger partial charge in [0.25, 0.3) is 0 Å². The van der Waals surface area contributed by atoms with Crippen molar-refractivity contribution in [3.05, 3.63) is 16.1 Å². The van der Waals surface area contributed by atoms with E-state index in [4.69, 9.17) is 0 Å². The molecule has 0 aromatic carbocycles. The Morgan fingerprint density at radius 3 is 2.79 bits per heavy atom. The minimum absolute atomic E-state index is 0.189. The molecule has 9 heteroatoms. The van der Waals surface area contributed by atoms with Crippen molar-refractivity contribution in [1.82, 2.24) is 15.6 Å². The van der Waals surface area contributed by atoms with Crippen LogP contribution in [-0.4, -0.2) is 41.8 Å². The molecule has 1 aromatic heterocycles. The van der Waals surface area contributed by atoms with Gasteiger partial charge in [-0.1, -0.05) is 6.42 Å². The number of hydrogen-bond donors (Lipinski definition) is 3. The molecule has 0 spiro atoms. The van der Waals surface area contributed by atoms with E-state index in [2.05, 4.69) is 20.6 Å². The lowest BCUT2D eigenvalue weighted by molar-refractivity contribution is -0.140. The average molecular weight is 364 g/mol. The monoisotopic (exact) mass is 364 g/mol. The molecular formula is C15H23F3N4OS. The molecule has 5 nitrogen and oxygen atoms in total. The molecule has 24 heavy (non-hydrogen) atoms. The standard InChI is InChI=1S/C15H23F3N4OS/c1-2-19-14(21-8-10-4-3-5-11(10)23)20-7-6-13-22-12(9-24-13)15(16,17)18/h9-11,23H,2-8H2,1H3,(H2,19,20,21). The number of hydrogen-bond acceptors (Lipinski definition) is 4. The third kappa shape index (κ3) is 5.62. The van der Waals surface area contributed by atoms with Crippen LogP contribution in [0.1, 0.15) is 36.9 Å². The van der Waals surface area contributed by atoms with Gasteiger partial charge in [-0.3, -0.25) is 4.99 Å². The van der Waals surface area contributed by atoms with E-state index in [0.717, 1.165) is 36.0 Å². The second kappa shape index (κ2) is 8.66. The van der Waals surface area contributed by atoms with Crippen LogP contribution in [-0.2, 0) is 12.6 Å². The molecule has 1 heterocycles. The molecule has 1 aliphatic carbocycles. The summed E-state index contributed by atoms with van der Waals surface area (Å²) in [5.74, 6) is 0.804. The van der Waals surface area contributed by atoms with Crippen LogP contribution in [0.3, 0.4) is 0 Å². The van der Waals surface area contributed by atoms with Crippen molar-refractivity contribution in [2.75, 3.05) is 19.6 Å². The predicted octanol–water partition coefficient (Wildman–Crippen LogP) is 2.42. The van der Waals surface area contributed by atoms with Gasteiger partial charge >= 0.3 is 6.18 Å². The predicted molar refractivity (Wildman–Crippen MR) is 88.1 cm³/mol. The molecule has 136 valence electrons. The Hall–Kier alpha value is -1.35. The van der Waals surface area contributed by atoms with Crippen molar-refractivity contribution in [2.45, 2.75) is 44.9 Å². The van der Waals surface area contributed by atoms with Gasteiger partial charge in [0.2, 0.25) is 0 Å². The number of halogens is 3. The van der Waals surface area contributed by atoms with Crippen LogP contribution in [0.2, 0.25) is 0 Å². The first-order valence-electron chi connectivity index (χ1n) is 8.12. The van der Waals surface area contributed by atoms with Gasteiger partial charge in [-0.2, -0.15) is 13.2 Å². The number of thiazole rings is 1. The quantitative estimate of drug-likeness (QED) is 0.536. The zero-order chi connectivity index (χ0) is 17.6. The molecule has 0 aliphatic heterocycles. The fourth-order valence-electron chi connectivity index (χ4n) is 2.62. The Bertz CT molecular complexity index is 547. The van der Waals surface area contributed by atoms with Crippen LogP contribution in [0.25, 0.3) is 0 Å². The molecule has 0 amide bonds. The zero-order valence-corrected chi connectivity index (χ0v) is 14.4. The number of nitrogens with one attached hydrogen (secondary N) is 2. The van der Waals surface area contributed by atoms with Gasteiger partial charge in [-0.25, -0.2) is 4.98 Å². The van der Waals surface area contributed by atoms with E-state index in [0.29, 0.717) is 37.0 Å². The molecule has 0 radical (unpaired) electrons. The lowest BCUT2D eigenvalue weighted by Gasteiger charge is -2.14. The van der Waals surface area contributed by atoms with Crippen molar-refractivity contribution in [2.24, 2.45) is 10.9 Å². The SMILES string of the molecule is CCNC(=NCC1CCCC1O)NCCc1nc(C(F)(F)F)cs1. The molecular weight excluding hydrogens is 341 g/mol.